The first-order chi connectivity index (χ1) is 13.8. The molecular formula is C20H24N6O2. The SMILES string of the molecule is Cc1ccc2oc(N3CCN(c4cc(N5CCOCC5)ncn4)CC3)nc2c1. The number of rotatable bonds is 3. The summed E-state index contributed by atoms with van der Waals surface area (Å²) in [5.41, 5.74) is 2.95. The van der Waals surface area contributed by atoms with Gasteiger partial charge in [-0.2, -0.15) is 4.98 Å². The number of anilines is 3. The molecule has 0 bridgehead atoms. The fourth-order valence-electron chi connectivity index (χ4n) is 3.76. The van der Waals surface area contributed by atoms with Gasteiger partial charge in [0, 0.05) is 45.3 Å². The van der Waals surface area contributed by atoms with Gasteiger partial charge in [-0.05, 0) is 24.6 Å². The van der Waals surface area contributed by atoms with Gasteiger partial charge in [-0.1, -0.05) is 6.07 Å². The summed E-state index contributed by atoms with van der Waals surface area (Å²) in [4.78, 5) is 20.4. The Hall–Kier alpha value is -2.87. The van der Waals surface area contributed by atoms with Gasteiger partial charge in [-0.3, -0.25) is 0 Å². The van der Waals surface area contributed by atoms with Crippen LogP contribution in [0.1, 0.15) is 5.56 Å². The summed E-state index contributed by atoms with van der Waals surface area (Å²) >= 11 is 0. The molecule has 3 aromatic rings. The second-order valence-electron chi connectivity index (χ2n) is 7.28. The van der Waals surface area contributed by atoms with Gasteiger partial charge in [-0.15, -0.1) is 0 Å². The first kappa shape index (κ1) is 17.2. The second kappa shape index (κ2) is 7.27. The molecule has 8 nitrogen and oxygen atoms in total. The maximum atomic E-state index is 5.95. The summed E-state index contributed by atoms with van der Waals surface area (Å²) in [7, 11) is 0. The third kappa shape index (κ3) is 3.35. The van der Waals surface area contributed by atoms with Crippen LogP contribution in [0.2, 0.25) is 0 Å². The Kier molecular flexibility index (Phi) is 4.48. The molecule has 2 aliphatic rings. The number of hydrogen-bond acceptors (Lipinski definition) is 8. The number of piperazine rings is 1. The highest BCUT2D eigenvalue weighted by Crippen LogP contribution is 2.25. The number of aryl methyl sites for hydroxylation is 1. The van der Waals surface area contributed by atoms with Crippen molar-refractivity contribution in [1.29, 1.82) is 0 Å². The van der Waals surface area contributed by atoms with E-state index in [2.05, 4.69) is 54.8 Å². The van der Waals surface area contributed by atoms with Gasteiger partial charge in [0.15, 0.2) is 5.58 Å². The molecular weight excluding hydrogens is 356 g/mol. The van der Waals surface area contributed by atoms with Crippen molar-refractivity contribution in [3.63, 3.8) is 0 Å². The lowest BCUT2D eigenvalue weighted by Crippen LogP contribution is -2.47. The van der Waals surface area contributed by atoms with Gasteiger partial charge in [0.1, 0.15) is 23.5 Å². The summed E-state index contributed by atoms with van der Waals surface area (Å²) in [6.45, 7) is 8.77. The minimum atomic E-state index is 0.706. The Morgan fingerprint density at radius 1 is 0.821 bits per heavy atom. The van der Waals surface area contributed by atoms with Crippen LogP contribution in [0.25, 0.3) is 11.1 Å². The van der Waals surface area contributed by atoms with E-state index in [0.29, 0.717) is 6.01 Å². The van der Waals surface area contributed by atoms with Crippen LogP contribution < -0.4 is 14.7 Å². The minimum absolute atomic E-state index is 0.706. The Balaban J connectivity index is 1.27. The summed E-state index contributed by atoms with van der Waals surface area (Å²) in [6.07, 6.45) is 1.66. The highest BCUT2D eigenvalue weighted by molar-refractivity contribution is 5.75. The van der Waals surface area contributed by atoms with Crippen molar-refractivity contribution in [2.45, 2.75) is 6.92 Å². The van der Waals surface area contributed by atoms with Crippen molar-refractivity contribution in [3.05, 3.63) is 36.2 Å². The summed E-state index contributed by atoms with van der Waals surface area (Å²) in [6, 6.07) is 8.90. The molecule has 0 radical (unpaired) electrons. The number of morpholine rings is 1. The molecule has 146 valence electrons. The topological polar surface area (TPSA) is 70.8 Å². The number of ether oxygens (including phenoxy) is 1. The van der Waals surface area contributed by atoms with E-state index in [-0.39, 0.29) is 0 Å². The average Bonchev–Trinajstić information content (AvgIpc) is 3.18. The van der Waals surface area contributed by atoms with Crippen LogP contribution in [0.4, 0.5) is 17.7 Å². The largest absolute Gasteiger partial charge is 0.423 e. The van der Waals surface area contributed by atoms with Crippen LogP contribution in [-0.2, 0) is 4.74 Å². The van der Waals surface area contributed by atoms with E-state index in [4.69, 9.17) is 9.15 Å². The molecule has 0 amide bonds. The average molecular weight is 380 g/mol. The predicted octanol–water partition coefficient (Wildman–Crippen LogP) is 2.09. The maximum Gasteiger partial charge on any atom is 0.298 e. The third-order valence-corrected chi connectivity index (χ3v) is 5.38. The van der Waals surface area contributed by atoms with E-state index in [1.807, 2.05) is 6.07 Å². The zero-order valence-corrected chi connectivity index (χ0v) is 16.0. The van der Waals surface area contributed by atoms with Crippen molar-refractivity contribution < 1.29 is 9.15 Å². The fraction of sp³-hybridized carbons (Fsp3) is 0.450. The molecule has 4 heterocycles. The van der Waals surface area contributed by atoms with Crippen LogP contribution >= 0.6 is 0 Å². The highest BCUT2D eigenvalue weighted by atomic mass is 16.5. The van der Waals surface area contributed by atoms with E-state index in [1.165, 1.54) is 5.56 Å². The van der Waals surface area contributed by atoms with E-state index in [0.717, 1.165) is 75.2 Å². The lowest BCUT2D eigenvalue weighted by molar-refractivity contribution is 0.122. The molecule has 0 atom stereocenters. The normalized spacial score (nSPS) is 18.1. The van der Waals surface area contributed by atoms with E-state index in [1.54, 1.807) is 6.33 Å². The van der Waals surface area contributed by atoms with Crippen molar-refractivity contribution in [3.8, 4) is 0 Å². The molecule has 0 saturated carbocycles. The molecule has 1 aromatic carbocycles. The van der Waals surface area contributed by atoms with Gasteiger partial charge in [0.05, 0.1) is 13.2 Å². The Morgan fingerprint density at radius 2 is 1.50 bits per heavy atom. The number of nitrogens with zero attached hydrogens (tertiary/aromatic N) is 6. The first-order valence-corrected chi connectivity index (χ1v) is 9.78. The van der Waals surface area contributed by atoms with Crippen molar-refractivity contribution >= 4 is 28.8 Å². The molecule has 8 heteroatoms. The van der Waals surface area contributed by atoms with E-state index in [9.17, 15) is 0 Å². The monoisotopic (exact) mass is 380 g/mol. The maximum absolute atomic E-state index is 5.95. The highest BCUT2D eigenvalue weighted by Gasteiger charge is 2.23. The predicted molar refractivity (Wildman–Crippen MR) is 108 cm³/mol. The number of hydrogen-bond donors (Lipinski definition) is 0. The molecule has 0 N–H and O–H groups in total. The zero-order valence-electron chi connectivity index (χ0n) is 16.0. The zero-order chi connectivity index (χ0) is 18.9. The molecule has 0 aliphatic carbocycles. The smallest absolute Gasteiger partial charge is 0.298 e. The molecule has 28 heavy (non-hydrogen) atoms. The molecule has 0 unspecified atom stereocenters. The van der Waals surface area contributed by atoms with Crippen molar-refractivity contribution in [2.75, 3.05) is 67.2 Å². The van der Waals surface area contributed by atoms with Gasteiger partial charge >= 0.3 is 0 Å². The summed E-state index contributed by atoms with van der Waals surface area (Å²) in [5, 5.41) is 0. The molecule has 5 rings (SSSR count). The van der Waals surface area contributed by atoms with Gasteiger partial charge in [0.25, 0.3) is 6.01 Å². The van der Waals surface area contributed by atoms with E-state index < -0.39 is 0 Å². The number of oxazole rings is 1. The molecule has 2 aromatic heterocycles. The van der Waals surface area contributed by atoms with Crippen LogP contribution in [0.5, 0.6) is 0 Å². The molecule has 0 spiro atoms. The second-order valence-corrected chi connectivity index (χ2v) is 7.28. The van der Waals surface area contributed by atoms with Crippen LogP contribution in [0.3, 0.4) is 0 Å². The van der Waals surface area contributed by atoms with Gasteiger partial charge < -0.3 is 23.9 Å². The molecule has 2 fully saturated rings. The minimum Gasteiger partial charge on any atom is -0.423 e. The Morgan fingerprint density at radius 3 is 2.25 bits per heavy atom. The first-order valence-electron chi connectivity index (χ1n) is 9.78. The molecule has 2 saturated heterocycles. The lowest BCUT2D eigenvalue weighted by Gasteiger charge is -2.35. The van der Waals surface area contributed by atoms with Gasteiger partial charge in [-0.25, -0.2) is 9.97 Å². The van der Waals surface area contributed by atoms with E-state index >= 15 is 0 Å². The quantitative estimate of drug-likeness (QED) is 0.684. The van der Waals surface area contributed by atoms with Crippen LogP contribution in [0, 0.1) is 6.92 Å². The molecule has 2 aliphatic heterocycles. The standard InChI is InChI=1S/C20H24N6O2/c1-15-2-3-17-16(12-15)23-20(28-17)26-6-4-24(5-7-26)18-13-19(22-14-21-18)25-8-10-27-11-9-25/h2-3,12-14H,4-11H2,1H3. The number of benzene rings is 1. The number of fused-ring (bicyclic) bond motifs is 1. The number of aromatic nitrogens is 3. The Bertz CT molecular complexity index is 960. The Labute approximate surface area is 163 Å². The van der Waals surface area contributed by atoms with Crippen molar-refractivity contribution in [2.24, 2.45) is 0 Å². The summed E-state index contributed by atoms with van der Waals surface area (Å²) < 4.78 is 11.4. The summed E-state index contributed by atoms with van der Waals surface area (Å²) in [5.74, 6) is 1.95. The van der Waals surface area contributed by atoms with Gasteiger partial charge in [0.2, 0.25) is 0 Å². The third-order valence-electron chi connectivity index (χ3n) is 5.38. The lowest BCUT2D eigenvalue weighted by atomic mass is 10.2. The van der Waals surface area contributed by atoms with Crippen LogP contribution in [-0.4, -0.2) is 67.4 Å². The van der Waals surface area contributed by atoms with Crippen molar-refractivity contribution in [1.82, 2.24) is 15.0 Å². The van der Waals surface area contributed by atoms with Crippen LogP contribution in [0.15, 0.2) is 35.0 Å². The fourth-order valence-corrected chi connectivity index (χ4v) is 3.76.